The van der Waals surface area contributed by atoms with Crippen LogP contribution < -0.4 is 11.1 Å². The van der Waals surface area contributed by atoms with Crippen molar-refractivity contribution in [1.29, 1.82) is 0 Å². The summed E-state index contributed by atoms with van der Waals surface area (Å²) in [6.45, 7) is 0. The standard InChI is InChI=1S/C17H17FN2O4S/c18-14-9-5-4-8-13(14)17(22)20-15(16(19)21)10-11-25(23,24)12-6-2-1-3-7-12/h1-9,15H,10-11H2,(H2,19,21)(H,20,22)/t15-/m0/s1. The number of hydrogen-bond acceptors (Lipinski definition) is 4. The Morgan fingerprint density at radius 1 is 1.04 bits per heavy atom. The summed E-state index contributed by atoms with van der Waals surface area (Å²) in [6, 6.07) is 11.7. The molecule has 0 heterocycles. The lowest BCUT2D eigenvalue weighted by molar-refractivity contribution is -0.119. The van der Waals surface area contributed by atoms with Crippen LogP contribution in [0.4, 0.5) is 4.39 Å². The molecule has 2 aromatic rings. The van der Waals surface area contributed by atoms with Crippen molar-refractivity contribution in [3.63, 3.8) is 0 Å². The molecule has 0 saturated heterocycles. The summed E-state index contributed by atoms with van der Waals surface area (Å²) in [5.74, 6) is -2.87. The maximum absolute atomic E-state index is 13.6. The van der Waals surface area contributed by atoms with Crippen molar-refractivity contribution in [2.75, 3.05) is 5.75 Å². The van der Waals surface area contributed by atoms with Gasteiger partial charge in [-0.1, -0.05) is 30.3 Å². The van der Waals surface area contributed by atoms with Gasteiger partial charge in [0.2, 0.25) is 5.91 Å². The second-order valence-corrected chi connectivity index (χ2v) is 7.44. The van der Waals surface area contributed by atoms with Gasteiger partial charge in [-0.3, -0.25) is 9.59 Å². The molecule has 0 saturated carbocycles. The number of hydrogen-bond donors (Lipinski definition) is 2. The summed E-state index contributed by atoms with van der Waals surface area (Å²) in [6.07, 6.45) is -0.216. The maximum Gasteiger partial charge on any atom is 0.254 e. The SMILES string of the molecule is NC(=O)[C@H](CCS(=O)(=O)c1ccccc1)NC(=O)c1ccccc1F. The third-order valence-corrected chi connectivity index (χ3v) is 5.31. The smallest absolute Gasteiger partial charge is 0.254 e. The Morgan fingerprint density at radius 3 is 2.24 bits per heavy atom. The lowest BCUT2D eigenvalue weighted by atomic mass is 10.1. The van der Waals surface area contributed by atoms with Crippen molar-refractivity contribution in [3.05, 3.63) is 66.0 Å². The molecule has 0 radical (unpaired) electrons. The van der Waals surface area contributed by atoms with Gasteiger partial charge < -0.3 is 11.1 Å². The van der Waals surface area contributed by atoms with Crippen molar-refractivity contribution in [1.82, 2.24) is 5.32 Å². The van der Waals surface area contributed by atoms with Crippen molar-refractivity contribution < 1.29 is 22.4 Å². The lowest BCUT2D eigenvalue weighted by Crippen LogP contribution is -2.45. The normalized spacial score (nSPS) is 12.4. The first-order chi connectivity index (χ1) is 11.8. The fourth-order valence-electron chi connectivity index (χ4n) is 2.19. The van der Waals surface area contributed by atoms with Gasteiger partial charge in [-0.05, 0) is 30.7 Å². The highest BCUT2D eigenvalue weighted by Crippen LogP contribution is 2.13. The van der Waals surface area contributed by atoms with Gasteiger partial charge in [0.25, 0.3) is 5.91 Å². The van der Waals surface area contributed by atoms with Crippen LogP contribution in [0.25, 0.3) is 0 Å². The number of benzene rings is 2. The largest absolute Gasteiger partial charge is 0.368 e. The molecule has 0 aromatic heterocycles. The molecular formula is C17H17FN2O4S. The van der Waals surface area contributed by atoms with E-state index in [2.05, 4.69) is 5.32 Å². The van der Waals surface area contributed by atoms with E-state index in [4.69, 9.17) is 5.73 Å². The number of primary amides is 1. The summed E-state index contributed by atoms with van der Waals surface area (Å²) in [5.41, 5.74) is 4.98. The Labute approximate surface area is 144 Å². The minimum absolute atomic E-state index is 0.110. The summed E-state index contributed by atoms with van der Waals surface area (Å²) >= 11 is 0. The Balaban J connectivity index is 2.08. The van der Waals surface area contributed by atoms with Crippen LogP contribution in [0.15, 0.2) is 59.5 Å². The molecule has 1 atom stereocenters. The summed E-state index contributed by atoms with van der Waals surface area (Å²) in [5, 5.41) is 2.28. The maximum atomic E-state index is 13.6. The molecule has 0 unspecified atom stereocenters. The molecule has 0 aliphatic carbocycles. The van der Waals surface area contributed by atoms with E-state index in [1.807, 2.05) is 0 Å². The molecule has 2 amide bonds. The predicted molar refractivity (Wildman–Crippen MR) is 90.0 cm³/mol. The van der Waals surface area contributed by atoms with Crippen LogP contribution >= 0.6 is 0 Å². The average Bonchev–Trinajstić information content (AvgIpc) is 2.59. The number of nitrogens with two attached hydrogens (primary N) is 1. The Kier molecular flexibility index (Phi) is 5.87. The number of nitrogens with one attached hydrogen (secondary N) is 1. The Bertz CT molecular complexity index is 869. The molecule has 0 fully saturated rings. The first-order valence-corrected chi connectivity index (χ1v) is 9.09. The second kappa shape index (κ2) is 7.89. The van der Waals surface area contributed by atoms with Crippen LogP contribution in [0.2, 0.25) is 0 Å². The fraction of sp³-hybridized carbons (Fsp3) is 0.176. The molecule has 2 aromatic carbocycles. The number of halogens is 1. The van der Waals surface area contributed by atoms with Crippen molar-refractivity contribution in [3.8, 4) is 0 Å². The fourth-order valence-corrected chi connectivity index (χ4v) is 3.54. The van der Waals surface area contributed by atoms with E-state index in [0.29, 0.717) is 0 Å². The molecule has 2 rings (SSSR count). The zero-order chi connectivity index (χ0) is 18.4. The van der Waals surface area contributed by atoms with Gasteiger partial charge in [-0.15, -0.1) is 0 Å². The minimum Gasteiger partial charge on any atom is -0.368 e. The van der Waals surface area contributed by atoms with Crippen LogP contribution in [0, 0.1) is 5.82 Å². The Morgan fingerprint density at radius 2 is 1.64 bits per heavy atom. The van der Waals surface area contributed by atoms with E-state index in [0.717, 1.165) is 6.07 Å². The van der Waals surface area contributed by atoms with Gasteiger partial charge in [0.15, 0.2) is 9.84 Å². The number of carbonyl (C=O) groups is 2. The van der Waals surface area contributed by atoms with Crippen LogP contribution in [0.3, 0.4) is 0 Å². The topological polar surface area (TPSA) is 106 Å². The Hall–Kier alpha value is -2.74. The van der Waals surface area contributed by atoms with E-state index in [1.165, 1.54) is 30.3 Å². The molecule has 0 spiro atoms. The molecule has 0 aliphatic heterocycles. The van der Waals surface area contributed by atoms with Gasteiger partial charge in [0.05, 0.1) is 16.2 Å². The third-order valence-electron chi connectivity index (χ3n) is 3.54. The highest BCUT2D eigenvalue weighted by molar-refractivity contribution is 7.91. The summed E-state index contributed by atoms with van der Waals surface area (Å²) < 4.78 is 38.1. The molecule has 6 nitrogen and oxygen atoms in total. The van der Waals surface area contributed by atoms with Gasteiger partial charge in [0.1, 0.15) is 11.9 Å². The summed E-state index contributed by atoms with van der Waals surface area (Å²) in [4.78, 5) is 23.7. The highest BCUT2D eigenvalue weighted by Gasteiger charge is 2.24. The lowest BCUT2D eigenvalue weighted by Gasteiger charge is -2.16. The molecule has 132 valence electrons. The second-order valence-electron chi connectivity index (χ2n) is 5.33. The van der Waals surface area contributed by atoms with Crippen molar-refractivity contribution in [2.24, 2.45) is 5.73 Å². The van der Waals surface area contributed by atoms with Crippen LogP contribution in [0.5, 0.6) is 0 Å². The third kappa shape index (κ3) is 4.87. The number of sulfone groups is 1. The molecule has 25 heavy (non-hydrogen) atoms. The van der Waals surface area contributed by atoms with Gasteiger partial charge in [0, 0.05) is 0 Å². The van der Waals surface area contributed by atoms with E-state index in [1.54, 1.807) is 18.2 Å². The molecule has 0 bridgehead atoms. The number of amides is 2. The minimum atomic E-state index is -3.63. The van der Waals surface area contributed by atoms with Crippen molar-refractivity contribution >= 4 is 21.7 Å². The zero-order valence-electron chi connectivity index (χ0n) is 13.2. The van der Waals surface area contributed by atoms with E-state index in [9.17, 15) is 22.4 Å². The van der Waals surface area contributed by atoms with E-state index >= 15 is 0 Å². The van der Waals surface area contributed by atoms with Crippen molar-refractivity contribution in [2.45, 2.75) is 17.4 Å². The van der Waals surface area contributed by atoms with E-state index < -0.39 is 33.5 Å². The molecule has 3 N–H and O–H groups in total. The molecular weight excluding hydrogens is 347 g/mol. The van der Waals surface area contributed by atoms with Gasteiger partial charge in [-0.2, -0.15) is 0 Å². The van der Waals surface area contributed by atoms with E-state index in [-0.39, 0.29) is 22.6 Å². The number of rotatable bonds is 7. The van der Waals surface area contributed by atoms with Crippen LogP contribution in [0.1, 0.15) is 16.8 Å². The first-order valence-electron chi connectivity index (χ1n) is 7.44. The van der Waals surface area contributed by atoms with Crippen LogP contribution in [-0.2, 0) is 14.6 Å². The first kappa shape index (κ1) is 18.6. The predicted octanol–water partition coefficient (Wildman–Crippen LogP) is 1.27. The average molecular weight is 364 g/mol. The monoisotopic (exact) mass is 364 g/mol. The number of carbonyl (C=O) groups excluding carboxylic acids is 2. The zero-order valence-corrected chi connectivity index (χ0v) is 14.0. The summed E-state index contributed by atoms with van der Waals surface area (Å²) in [7, 11) is -3.63. The van der Waals surface area contributed by atoms with Crippen LogP contribution in [-0.4, -0.2) is 32.0 Å². The quantitative estimate of drug-likeness (QED) is 0.772. The molecule has 0 aliphatic rings. The molecule has 8 heteroatoms. The highest BCUT2D eigenvalue weighted by atomic mass is 32.2. The van der Waals surface area contributed by atoms with Gasteiger partial charge >= 0.3 is 0 Å². The van der Waals surface area contributed by atoms with Gasteiger partial charge in [-0.25, -0.2) is 12.8 Å².